The van der Waals surface area contributed by atoms with Crippen LogP contribution in [-0.4, -0.2) is 37.1 Å². The van der Waals surface area contributed by atoms with Crippen molar-refractivity contribution in [2.75, 3.05) is 20.1 Å². The predicted molar refractivity (Wildman–Crippen MR) is 39.1 cm³/mol. The molecule has 62 valence electrons. The zero-order valence-corrected chi connectivity index (χ0v) is 7.18. The van der Waals surface area contributed by atoms with Gasteiger partial charge in [0.2, 0.25) is 5.79 Å². The van der Waals surface area contributed by atoms with Crippen LogP contribution in [0.1, 0.15) is 6.92 Å². The standard InChI is InChI=1S/C6H13ClO3/c1-5(8)6(4-7,9-2)10-3/h5,8H,4H2,1-3H3. The van der Waals surface area contributed by atoms with E-state index in [2.05, 4.69) is 0 Å². The molecule has 0 aliphatic rings. The molecule has 0 spiro atoms. The summed E-state index contributed by atoms with van der Waals surface area (Å²) in [6, 6.07) is 0. The number of rotatable bonds is 4. The minimum Gasteiger partial charge on any atom is -0.388 e. The second kappa shape index (κ2) is 4.13. The van der Waals surface area contributed by atoms with Crippen molar-refractivity contribution < 1.29 is 14.6 Å². The normalized spacial score (nSPS) is 15.3. The van der Waals surface area contributed by atoms with E-state index in [9.17, 15) is 0 Å². The van der Waals surface area contributed by atoms with E-state index in [0.29, 0.717) is 0 Å². The Morgan fingerprint density at radius 2 is 1.90 bits per heavy atom. The first kappa shape index (κ1) is 10.2. The lowest BCUT2D eigenvalue weighted by Gasteiger charge is -2.31. The Balaban J connectivity index is 4.15. The third kappa shape index (κ3) is 1.83. The number of alkyl halides is 1. The van der Waals surface area contributed by atoms with Crippen molar-refractivity contribution >= 4 is 11.6 Å². The molecule has 1 atom stereocenters. The maximum absolute atomic E-state index is 9.13. The van der Waals surface area contributed by atoms with Crippen LogP contribution in [0.2, 0.25) is 0 Å². The summed E-state index contributed by atoms with van der Waals surface area (Å²) >= 11 is 5.51. The van der Waals surface area contributed by atoms with Gasteiger partial charge in [0.25, 0.3) is 0 Å². The summed E-state index contributed by atoms with van der Waals surface area (Å²) in [6.45, 7) is 1.56. The highest BCUT2D eigenvalue weighted by Crippen LogP contribution is 2.17. The summed E-state index contributed by atoms with van der Waals surface area (Å²) in [7, 11) is 2.89. The first-order valence-electron chi connectivity index (χ1n) is 2.97. The largest absolute Gasteiger partial charge is 0.388 e. The molecule has 0 aliphatic heterocycles. The van der Waals surface area contributed by atoms with Crippen molar-refractivity contribution in [3.63, 3.8) is 0 Å². The molecule has 0 fully saturated rings. The van der Waals surface area contributed by atoms with Crippen LogP contribution in [0.4, 0.5) is 0 Å². The Hall–Kier alpha value is 0.170. The molecule has 1 N–H and O–H groups in total. The number of aliphatic hydroxyl groups is 1. The van der Waals surface area contributed by atoms with Gasteiger partial charge in [-0.05, 0) is 6.92 Å². The van der Waals surface area contributed by atoms with Crippen molar-refractivity contribution in [3.05, 3.63) is 0 Å². The highest BCUT2D eigenvalue weighted by atomic mass is 35.5. The Labute approximate surface area is 65.9 Å². The van der Waals surface area contributed by atoms with Crippen molar-refractivity contribution in [2.45, 2.75) is 18.8 Å². The SMILES string of the molecule is COC(CCl)(OC)C(C)O. The number of hydrogen-bond acceptors (Lipinski definition) is 3. The molecule has 0 heterocycles. The van der Waals surface area contributed by atoms with Gasteiger partial charge in [-0.3, -0.25) is 0 Å². The lowest BCUT2D eigenvalue weighted by Crippen LogP contribution is -2.46. The molecule has 0 aromatic carbocycles. The Bertz CT molecular complexity index is 82.7. The smallest absolute Gasteiger partial charge is 0.207 e. The van der Waals surface area contributed by atoms with Crippen LogP contribution in [0.25, 0.3) is 0 Å². The third-order valence-electron chi connectivity index (χ3n) is 1.51. The van der Waals surface area contributed by atoms with Crippen LogP contribution in [0, 0.1) is 0 Å². The molecule has 1 unspecified atom stereocenters. The van der Waals surface area contributed by atoms with Crippen molar-refractivity contribution in [1.82, 2.24) is 0 Å². The number of aliphatic hydroxyl groups excluding tert-OH is 1. The van der Waals surface area contributed by atoms with Gasteiger partial charge >= 0.3 is 0 Å². The maximum atomic E-state index is 9.13. The van der Waals surface area contributed by atoms with Crippen LogP contribution in [0.15, 0.2) is 0 Å². The third-order valence-corrected chi connectivity index (χ3v) is 1.89. The molecule has 0 amide bonds. The van der Waals surface area contributed by atoms with Crippen LogP contribution < -0.4 is 0 Å². The number of hydrogen-bond donors (Lipinski definition) is 1. The maximum Gasteiger partial charge on any atom is 0.207 e. The highest BCUT2D eigenvalue weighted by Gasteiger charge is 2.34. The summed E-state index contributed by atoms with van der Waals surface area (Å²) in [6.07, 6.45) is -0.736. The van der Waals surface area contributed by atoms with Gasteiger partial charge in [-0.1, -0.05) is 0 Å². The summed E-state index contributed by atoms with van der Waals surface area (Å²) in [5, 5.41) is 9.13. The fourth-order valence-corrected chi connectivity index (χ4v) is 1.09. The molecular weight excluding hydrogens is 156 g/mol. The number of ether oxygens (including phenoxy) is 2. The molecule has 0 rings (SSSR count). The minimum atomic E-state index is -1.05. The Morgan fingerprint density at radius 3 is 1.90 bits per heavy atom. The van der Waals surface area contributed by atoms with Gasteiger partial charge in [-0.15, -0.1) is 11.6 Å². The summed E-state index contributed by atoms with van der Waals surface area (Å²) < 4.78 is 9.79. The summed E-state index contributed by atoms with van der Waals surface area (Å²) in [5.41, 5.74) is 0. The predicted octanol–water partition coefficient (Wildman–Crippen LogP) is 0.595. The fourth-order valence-electron chi connectivity index (χ4n) is 0.645. The van der Waals surface area contributed by atoms with Gasteiger partial charge in [-0.25, -0.2) is 0 Å². The van der Waals surface area contributed by atoms with Gasteiger partial charge in [-0.2, -0.15) is 0 Å². The molecule has 0 aliphatic carbocycles. The first-order valence-corrected chi connectivity index (χ1v) is 3.50. The van der Waals surface area contributed by atoms with Gasteiger partial charge in [0.1, 0.15) is 6.10 Å². The molecule has 0 saturated heterocycles. The van der Waals surface area contributed by atoms with E-state index in [-0.39, 0.29) is 5.88 Å². The second-order valence-corrected chi connectivity index (χ2v) is 2.30. The Kier molecular flexibility index (Phi) is 4.20. The average molecular weight is 169 g/mol. The van der Waals surface area contributed by atoms with Crippen LogP contribution >= 0.6 is 11.6 Å². The van der Waals surface area contributed by atoms with Crippen LogP contribution in [0.3, 0.4) is 0 Å². The fraction of sp³-hybridized carbons (Fsp3) is 1.00. The average Bonchev–Trinajstić information content (AvgIpc) is 1.92. The second-order valence-electron chi connectivity index (χ2n) is 2.03. The zero-order chi connectivity index (χ0) is 8.20. The molecule has 0 aromatic heterocycles. The lowest BCUT2D eigenvalue weighted by molar-refractivity contribution is -0.239. The van der Waals surface area contributed by atoms with Gasteiger partial charge in [0.05, 0.1) is 5.88 Å². The molecule has 10 heavy (non-hydrogen) atoms. The monoisotopic (exact) mass is 168 g/mol. The van der Waals surface area contributed by atoms with Gasteiger partial charge in [0.15, 0.2) is 0 Å². The zero-order valence-electron chi connectivity index (χ0n) is 6.43. The van der Waals surface area contributed by atoms with Crippen molar-refractivity contribution in [1.29, 1.82) is 0 Å². The quantitative estimate of drug-likeness (QED) is 0.494. The van der Waals surface area contributed by atoms with Crippen molar-refractivity contribution in [3.8, 4) is 0 Å². The topological polar surface area (TPSA) is 38.7 Å². The van der Waals surface area contributed by atoms with E-state index < -0.39 is 11.9 Å². The van der Waals surface area contributed by atoms with E-state index in [0.717, 1.165) is 0 Å². The van der Waals surface area contributed by atoms with E-state index in [4.69, 9.17) is 26.2 Å². The summed E-state index contributed by atoms with van der Waals surface area (Å²) in [4.78, 5) is 0. The number of halogens is 1. The minimum absolute atomic E-state index is 0.109. The molecule has 0 radical (unpaired) electrons. The molecule has 0 bridgehead atoms. The van der Waals surface area contributed by atoms with E-state index in [1.54, 1.807) is 6.92 Å². The van der Waals surface area contributed by atoms with Gasteiger partial charge < -0.3 is 14.6 Å². The molecule has 4 heteroatoms. The lowest BCUT2D eigenvalue weighted by atomic mass is 10.2. The Morgan fingerprint density at radius 1 is 1.50 bits per heavy atom. The first-order chi connectivity index (χ1) is 4.63. The molecular formula is C6H13ClO3. The molecule has 3 nitrogen and oxygen atoms in total. The van der Waals surface area contributed by atoms with E-state index >= 15 is 0 Å². The highest BCUT2D eigenvalue weighted by molar-refractivity contribution is 6.18. The van der Waals surface area contributed by atoms with Gasteiger partial charge in [0, 0.05) is 14.2 Å². The van der Waals surface area contributed by atoms with E-state index in [1.165, 1.54) is 14.2 Å². The van der Waals surface area contributed by atoms with Crippen molar-refractivity contribution in [2.24, 2.45) is 0 Å². The van der Waals surface area contributed by atoms with Crippen LogP contribution in [-0.2, 0) is 9.47 Å². The van der Waals surface area contributed by atoms with E-state index in [1.807, 2.05) is 0 Å². The van der Waals surface area contributed by atoms with Crippen LogP contribution in [0.5, 0.6) is 0 Å². The molecule has 0 aromatic rings. The number of methoxy groups -OCH3 is 2. The summed E-state index contributed by atoms with van der Waals surface area (Å²) in [5.74, 6) is -0.945. The molecule has 0 saturated carbocycles.